The van der Waals surface area contributed by atoms with Gasteiger partial charge >= 0.3 is 0 Å². The van der Waals surface area contributed by atoms with Crippen LogP contribution < -0.4 is 5.32 Å². The predicted molar refractivity (Wildman–Crippen MR) is 68.0 cm³/mol. The van der Waals surface area contributed by atoms with E-state index in [0.29, 0.717) is 11.8 Å². The van der Waals surface area contributed by atoms with Crippen molar-refractivity contribution in [2.75, 3.05) is 6.61 Å². The molecule has 1 aromatic rings. The minimum atomic E-state index is -0.133. The summed E-state index contributed by atoms with van der Waals surface area (Å²) in [6, 6.07) is 3.61. The highest BCUT2D eigenvalue weighted by Crippen LogP contribution is 2.31. The van der Waals surface area contributed by atoms with E-state index in [0.717, 1.165) is 24.5 Å². The number of furan rings is 1. The third-order valence-electron chi connectivity index (χ3n) is 3.80. The normalized spacial score (nSPS) is 29.5. The average Bonchev–Trinajstić information content (AvgIpc) is 2.75. The molecule has 0 amide bonds. The van der Waals surface area contributed by atoms with E-state index in [1.807, 2.05) is 6.07 Å². The van der Waals surface area contributed by atoms with E-state index in [9.17, 15) is 5.11 Å². The van der Waals surface area contributed by atoms with E-state index in [4.69, 9.17) is 16.0 Å². The molecule has 1 aliphatic rings. The van der Waals surface area contributed by atoms with Crippen LogP contribution in [0.1, 0.15) is 38.4 Å². The van der Waals surface area contributed by atoms with Crippen LogP contribution in [-0.4, -0.2) is 17.3 Å². The van der Waals surface area contributed by atoms with Gasteiger partial charge in [0.15, 0.2) is 5.22 Å². The molecule has 0 atom stereocenters. The zero-order valence-electron chi connectivity index (χ0n) is 10.2. The number of nitrogens with one attached hydrogen (secondary N) is 1. The predicted octanol–water partition coefficient (Wildman–Crippen LogP) is 2.96. The second-order valence-electron chi connectivity index (χ2n) is 5.18. The van der Waals surface area contributed by atoms with Crippen LogP contribution in [0.5, 0.6) is 0 Å². The molecule has 0 aromatic carbocycles. The summed E-state index contributed by atoms with van der Waals surface area (Å²) >= 11 is 5.73. The van der Waals surface area contributed by atoms with Gasteiger partial charge in [0.2, 0.25) is 0 Å². The summed E-state index contributed by atoms with van der Waals surface area (Å²) in [5.74, 6) is 1.59. The minimum absolute atomic E-state index is 0.133. The van der Waals surface area contributed by atoms with Gasteiger partial charge < -0.3 is 14.8 Å². The van der Waals surface area contributed by atoms with Crippen molar-refractivity contribution in [3.63, 3.8) is 0 Å². The quantitative estimate of drug-likeness (QED) is 0.872. The number of hydrogen-bond acceptors (Lipinski definition) is 3. The molecule has 96 valence electrons. The number of rotatable bonds is 4. The van der Waals surface area contributed by atoms with Gasteiger partial charge in [-0.1, -0.05) is 6.92 Å². The molecule has 1 aromatic heterocycles. The van der Waals surface area contributed by atoms with Crippen LogP contribution >= 0.6 is 11.6 Å². The van der Waals surface area contributed by atoms with Crippen LogP contribution in [0.2, 0.25) is 5.22 Å². The Balaban J connectivity index is 1.91. The fourth-order valence-corrected chi connectivity index (χ4v) is 2.59. The number of hydrogen-bond donors (Lipinski definition) is 2. The summed E-state index contributed by atoms with van der Waals surface area (Å²) < 4.78 is 5.31. The SMILES string of the molecule is CC1CCC(CO)(NCc2ccc(Cl)o2)CC1. The van der Waals surface area contributed by atoms with Crippen LogP contribution in [0.3, 0.4) is 0 Å². The molecule has 0 saturated heterocycles. The van der Waals surface area contributed by atoms with Gasteiger partial charge in [-0.25, -0.2) is 0 Å². The summed E-state index contributed by atoms with van der Waals surface area (Å²) in [5, 5.41) is 13.4. The first-order valence-corrected chi connectivity index (χ1v) is 6.61. The first kappa shape index (κ1) is 12.9. The van der Waals surface area contributed by atoms with Crippen LogP contribution in [-0.2, 0) is 6.54 Å². The van der Waals surface area contributed by atoms with Gasteiger partial charge in [0.05, 0.1) is 13.2 Å². The second kappa shape index (κ2) is 5.42. The van der Waals surface area contributed by atoms with Gasteiger partial charge in [-0.15, -0.1) is 0 Å². The van der Waals surface area contributed by atoms with Gasteiger partial charge in [0.25, 0.3) is 0 Å². The molecule has 17 heavy (non-hydrogen) atoms. The van der Waals surface area contributed by atoms with Crippen molar-refractivity contribution in [2.45, 2.75) is 44.7 Å². The Hall–Kier alpha value is -0.510. The van der Waals surface area contributed by atoms with Crippen molar-refractivity contribution in [1.82, 2.24) is 5.32 Å². The molecule has 4 heteroatoms. The highest BCUT2D eigenvalue weighted by atomic mass is 35.5. The molecule has 3 nitrogen and oxygen atoms in total. The lowest BCUT2D eigenvalue weighted by Crippen LogP contribution is -2.50. The third-order valence-corrected chi connectivity index (χ3v) is 4.00. The Morgan fingerprint density at radius 2 is 2.18 bits per heavy atom. The van der Waals surface area contributed by atoms with E-state index in [-0.39, 0.29) is 12.1 Å². The van der Waals surface area contributed by atoms with Crippen molar-refractivity contribution in [3.05, 3.63) is 23.1 Å². The molecular formula is C13H20ClNO2. The third kappa shape index (κ3) is 3.24. The Kier molecular flexibility index (Phi) is 4.13. The Labute approximate surface area is 107 Å². The Morgan fingerprint density at radius 1 is 1.47 bits per heavy atom. The minimum Gasteiger partial charge on any atom is -0.448 e. The van der Waals surface area contributed by atoms with Crippen molar-refractivity contribution in [3.8, 4) is 0 Å². The van der Waals surface area contributed by atoms with Crippen molar-refractivity contribution in [2.24, 2.45) is 5.92 Å². The molecule has 0 radical (unpaired) electrons. The largest absolute Gasteiger partial charge is 0.448 e. The van der Waals surface area contributed by atoms with Crippen LogP contribution in [0.25, 0.3) is 0 Å². The first-order chi connectivity index (χ1) is 8.13. The lowest BCUT2D eigenvalue weighted by molar-refractivity contribution is 0.102. The molecule has 1 saturated carbocycles. The molecular weight excluding hydrogens is 238 g/mol. The lowest BCUT2D eigenvalue weighted by atomic mass is 9.77. The molecule has 1 aliphatic carbocycles. The summed E-state index contributed by atoms with van der Waals surface area (Å²) in [6.07, 6.45) is 4.40. The van der Waals surface area contributed by atoms with Crippen molar-refractivity contribution in [1.29, 1.82) is 0 Å². The van der Waals surface area contributed by atoms with Crippen LogP contribution in [0.15, 0.2) is 16.5 Å². The Bertz CT molecular complexity index is 356. The van der Waals surface area contributed by atoms with Gasteiger partial charge in [-0.3, -0.25) is 0 Å². The molecule has 0 unspecified atom stereocenters. The topological polar surface area (TPSA) is 45.4 Å². The first-order valence-electron chi connectivity index (χ1n) is 6.24. The monoisotopic (exact) mass is 257 g/mol. The number of aliphatic hydroxyl groups is 1. The molecule has 0 bridgehead atoms. The summed E-state index contributed by atoms with van der Waals surface area (Å²) in [5.41, 5.74) is -0.133. The maximum Gasteiger partial charge on any atom is 0.193 e. The fraction of sp³-hybridized carbons (Fsp3) is 0.692. The van der Waals surface area contributed by atoms with E-state index in [2.05, 4.69) is 12.2 Å². The molecule has 1 heterocycles. The smallest absolute Gasteiger partial charge is 0.193 e. The Morgan fingerprint density at radius 3 is 2.71 bits per heavy atom. The van der Waals surface area contributed by atoms with Gasteiger partial charge in [-0.2, -0.15) is 0 Å². The summed E-state index contributed by atoms with van der Waals surface area (Å²) in [6.45, 7) is 3.09. The lowest BCUT2D eigenvalue weighted by Gasteiger charge is -2.38. The van der Waals surface area contributed by atoms with Crippen LogP contribution in [0, 0.1) is 5.92 Å². The van der Waals surface area contributed by atoms with Crippen LogP contribution in [0.4, 0.5) is 0 Å². The maximum atomic E-state index is 9.59. The molecule has 2 N–H and O–H groups in total. The summed E-state index contributed by atoms with van der Waals surface area (Å²) in [4.78, 5) is 0. The van der Waals surface area contributed by atoms with E-state index < -0.39 is 0 Å². The molecule has 0 aliphatic heterocycles. The zero-order chi connectivity index (χ0) is 12.3. The van der Waals surface area contributed by atoms with Gasteiger partial charge in [0, 0.05) is 5.54 Å². The van der Waals surface area contributed by atoms with E-state index in [1.165, 1.54) is 12.8 Å². The second-order valence-corrected chi connectivity index (χ2v) is 5.55. The maximum absolute atomic E-state index is 9.59. The van der Waals surface area contributed by atoms with E-state index in [1.54, 1.807) is 6.07 Å². The number of halogens is 1. The van der Waals surface area contributed by atoms with Crippen molar-refractivity contribution < 1.29 is 9.52 Å². The highest BCUT2D eigenvalue weighted by Gasteiger charge is 2.33. The molecule has 2 rings (SSSR count). The summed E-state index contributed by atoms with van der Waals surface area (Å²) in [7, 11) is 0. The van der Waals surface area contributed by atoms with Gasteiger partial charge in [-0.05, 0) is 55.3 Å². The number of aliphatic hydroxyl groups excluding tert-OH is 1. The fourth-order valence-electron chi connectivity index (χ4n) is 2.43. The molecule has 0 spiro atoms. The van der Waals surface area contributed by atoms with E-state index >= 15 is 0 Å². The zero-order valence-corrected chi connectivity index (χ0v) is 11.0. The van der Waals surface area contributed by atoms with Crippen molar-refractivity contribution >= 4 is 11.6 Å². The highest BCUT2D eigenvalue weighted by molar-refractivity contribution is 6.28. The standard InChI is InChI=1S/C13H20ClNO2/c1-10-4-6-13(9-16,7-5-10)15-8-11-2-3-12(14)17-11/h2-3,10,15-16H,4-9H2,1H3. The average molecular weight is 258 g/mol. The molecule has 1 fully saturated rings. The van der Waals surface area contributed by atoms with Gasteiger partial charge in [0.1, 0.15) is 5.76 Å².